The van der Waals surface area contributed by atoms with Crippen LogP contribution in [0.2, 0.25) is 0 Å². The van der Waals surface area contributed by atoms with Crippen LogP contribution in [0.5, 0.6) is 0 Å². The van der Waals surface area contributed by atoms with Crippen LogP contribution in [-0.2, 0) is 22.2 Å². The van der Waals surface area contributed by atoms with E-state index in [4.69, 9.17) is 5.84 Å². The van der Waals surface area contributed by atoms with Crippen molar-refractivity contribution in [3.8, 4) is 0 Å². The number of hydrogen-bond acceptors (Lipinski definition) is 7. The fourth-order valence-corrected chi connectivity index (χ4v) is 7.18. The van der Waals surface area contributed by atoms with Gasteiger partial charge in [-0.05, 0) is 0 Å². The molecule has 0 aliphatic heterocycles. The van der Waals surface area contributed by atoms with Crippen LogP contribution in [0.4, 0.5) is 13.2 Å². The van der Waals surface area contributed by atoms with Gasteiger partial charge in [-0.25, -0.2) is 0 Å². The number of benzene rings is 1. The number of hydrogen-bond donors (Lipinski definition) is 1. The maximum absolute atomic E-state index is 12.6. The maximum atomic E-state index is 12.6. The first-order valence-corrected chi connectivity index (χ1v) is 10.3. The Bertz CT molecular complexity index is 679. The molecule has 0 aliphatic carbocycles. The van der Waals surface area contributed by atoms with Crippen molar-refractivity contribution in [2.75, 3.05) is 6.61 Å². The summed E-state index contributed by atoms with van der Waals surface area (Å²) in [4.78, 5) is 11.8. The predicted octanol–water partition coefficient (Wildman–Crippen LogP) is 1.98. The van der Waals surface area contributed by atoms with E-state index < -0.39 is 45.5 Å². The van der Waals surface area contributed by atoms with E-state index in [1.165, 1.54) is 31.2 Å². The van der Waals surface area contributed by atoms with Crippen LogP contribution in [0.15, 0.2) is 35.4 Å². The zero-order valence-electron chi connectivity index (χ0n) is 11.6. The van der Waals surface area contributed by atoms with Gasteiger partial charge in [0.2, 0.25) is 0 Å². The minimum atomic E-state index is -5.92. The first-order valence-electron chi connectivity index (χ1n) is 5.85. The van der Waals surface area contributed by atoms with E-state index >= 15 is 0 Å². The topological polar surface area (TPSA) is 108 Å². The van der Waals surface area contributed by atoms with Gasteiger partial charge in [-0.15, -0.1) is 0 Å². The molecule has 0 aliphatic rings. The number of esters is 1. The monoisotopic (exact) mass is 468 g/mol. The first kappa shape index (κ1) is 19.6. The molecular weight excluding hydrogens is 456 g/mol. The molecule has 0 bridgehead atoms. The molecule has 0 spiro atoms. The molecule has 0 atom stereocenters. The van der Waals surface area contributed by atoms with Crippen LogP contribution in [-0.4, -0.2) is 30.2 Å². The van der Waals surface area contributed by atoms with Crippen molar-refractivity contribution in [2.45, 2.75) is 12.4 Å². The number of nitrogens with two attached hydrogens (primary N) is 1. The number of alkyl halides is 3. The standard InChI is InChI=1S/C11H12F3IN2O5S/c1-2-21-10(18)9(17-16)15(8-6-4-3-5-7-8)22-23(19,20)11(12,13)14/h3-7H,2,16H2,1H3. The van der Waals surface area contributed by atoms with Crippen molar-refractivity contribution < 1.29 is 33.6 Å². The Balaban J connectivity index is 3.32. The summed E-state index contributed by atoms with van der Waals surface area (Å²) in [6.45, 7) is 1.36. The zero-order valence-corrected chi connectivity index (χ0v) is 14.6. The molecule has 0 amide bonds. The van der Waals surface area contributed by atoms with Crippen molar-refractivity contribution in [2.24, 2.45) is 10.9 Å². The van der Waals surface area contributed by atoms with Gasteiger partial charge in [-0.1, -0.05) is 0 Å². The number of carbonyl (C=O) groups excluding carboxylic acids is 1. The third-order valence-electron chi connectivity index (χ3n) is 2.08. The predicted molar refractivity (Wildman–Crippen MR) is 83.5 cm³/mol. The summed E-state index contributed by atoms with van der Waals surface area (Å²) in [7, 11) is -5.92. The molecule has 2 N–H and O–H groups in total. The van der Waals surface area contributed by atoms with Crippen molar-refractivity contribution in [1.82, 2.24) is 0 Å². The SMILES string of the molecule is CCOC(=O)C(=NN)I(OS(=O)(=O)C(F)(F)F)c1ccccc1. The van der Waals surface area contributed by atoms with Crippen LogP contribution in [0.3, 0.4) is 0 Å². The second-order valence-electron chi connectivity index (χ2n) is 3.65. The summed E-state index contributed by atoms with van der Waals surface area (Å²) in [6, 6.07) is 7.09. The average molecular weight is 468 g/mol. The van der Waals surface area contributed by atoms with Crippen molar-refractivity contribution in [1.29, 1.82) is 0 Å². The molecule has 0 saturated carbocycles. The van der Waals surface area contributed by atoms with Crippen molar-refractivity contribution >= 4 is 40.0 Å². The first-order chi connectivity index (χ1) is 10.6. The quantitative estimate of drug-likeness (QED) is 0.171. The summed E-state index contributed by atoms with van der Waals surface area (Å²) in [5, 5.41) is 3.10. The molecule has 0 heterocycles. The van der Waals surface area contributed by atoms with Gasteiger partial charge < -0.3 is 0 Å². The number of ether oxygens (including phenoxy) is 1. The van der Waals surface area contributed by atoms with E-state index in [2.05, 4.69) is 12.4 Å². The van der Waals surface area contributed by atoms with Gasteiger partial charge in [0.1, 0.15) is 0 Å². The van der Waals surface area contributed by atoms with Gasteiger partial charge in [-0.3, -0.25) is 0 Å². The van der Waals surface area contributed by atoms with E-state index in [1.54, 1.807) is 6.07 Å². The Hall–Kier alpha value is -1.41. The number of halogens is 4. The Morgan fingerprint density at radius 1 is 1.30 bits per heavy atom. The second kappa shape index (κ2) is 7.92. The molecular formula is C11H12F3IN2O5S. The molecule has 7 nitrogen and oxygen atoms in total. The number of carbonyl (C=O) groups is 1. The molecule has 0 fully saturated rings. The Kier molecular flexibility index (Phi) is 6.76. The van der Waals surface area contributed by atoms with E-state index in [0.717, 1.165) is 0 Å². The molecule has 0 radical (unpaired) electrons. The molecule has 1 aromatic rings. The fraction of sp³-hybridized carbons (Fsp3) is 0.273. The zero-order chi connectivity index (χ0) is 17.7. The number of nitrogens with zero attached hydrogens (tertiary/aromatic N) is 1. The molecule has 23 heavy (non-hydrogen) atoms. The van der Waals surface area contributed by atoms with Gasteiger partial charge in [-0.2, -0.15) is 0 Å². The van der Waals surface area contributed by atoms with Crippen LogP contribution in [0, 0.1) is 3.57 Å². The van der Waals surface area contributed by atoms with Gasteiger partial charge in [0.25, 0.3) is 0 Å². The number of rotatable bonds is 6. The van der Waals surface area contributed by atoms with Gasteiger partial charge in [0.15, 0.2) is 0 Å². The van der Waals surface area contributed by atoms with Crippen LogP contribution in [0.25, 0.3) is 0 Å². The third-order valence-corrected chi connectivity index (χ3v) is 8.94. The van der Waals surface area contributed by atoms with Crippen LogP contribution >= 0.6 is 20.2 Å². The summed E-state index contributed by atoms with van der Waals surface area (Å²) < 4.78 is 68.6. The Morgan fingerprint density at radius 3 is 2.30 bits per heavy atom. The molecule has 0 saturated heterocycles. The Labute approximate surface area is 137 Å². The molecule has 1 aromatic carbocycles. The normalized spacial score (nSPS) is 13.6. The van der Waals surface area contributed by atoms with Crippen molar-refractivity contribution in [3.05, 3.63) is 33.9 Å². The van der Waals surface area contributed by atoms with Gasteiger partial charge in [0, 0.05) is 0 Å². The van der Waals surface area contributed by atoms with E-state index in [9.17, 15) is 26.4 Å². The van der Waals surface area contributed by atoms with Gasteiger partial charge >= 0.3 is 138 Å². The Morgan fingerprint density at radius 2 is 1.87 bits per heavy atom. The van der Waals surface area contributed by atoms with Gasteiger partial charge in [0.05, 0.1) is 0 Å². The van der Waals surface area contributed by atoms with E-state index in [0.29, 0.717) is 0 Å². The molecule has 0 unspecified atom stereocenters. The summed E-state index contributed by atoms with van der Waals surface area (Å²) in [5.41, 5.74) is -5.63. The molecule has 130 valence electrons. The van der Waals surface area contributed by atoms with Crippen LogP contribution < -0.4 is 5.84 Å². The molecule has 0 aromatic heterocycles. The van der Waals surface area contributed by atoms with E-state index in [1.807, 2.05) is 0 Å². The minimum absolute atomic E-state index is 0.0850. The van der Waals surface area contributed by atoms with E-state index in [-0.39, 0.29) is 10.2 Å². The fourth-order valence-electron chi connectivity index (χ4n) is 1.18. The average Bonchev–Trinajstić information content (AvgIpc) is 2.47. The summed E-state index contributed by atoms with van der Waals surface area (Å²) >= 11 is -3.89. The third kappa shape index (κ3) is 5.04. The summed E-state index contributed by atoms with van der Waals surface area (Å²) in [6.07, 6.45) is 0. The molecule has 1 rings (SSSR count). The van der Waals surface area contributed by atoms with Crippen molar-refractivity contribution in [3.63, 3.8) is 0 Å². The molecule has 12 heteroatoms. The van der Waals surface area contributed by atoms with Crippen LogP contribution in [0.1, 0.15) is 6.92 Å². The summed E-state index contributed by atoms with van der Waals surface area (Å²) in [5.74, 6) is 3.92. The number of hydrazone groups is 1. The second-order valence-corrected chi connectivity index (χ2v) is 9.91.